The van der Waals surface area contributed by atoms with Gasteiger partial charge in [0.15, 0.2) is 11.4 Å². The van der Waals surface area contributed by atoms with Crippen LogP contribution in [0.3, 0.4) is 0 Å². The minimum atomic E-state index is -9.93. The van der Waals surface area contributed by atoms with E-state index < -0.39 is 31.7 Å². The molecule has 4 rings (SSSR count). The molecule has 0 fully saturated rings. The zero-order valence-corrected chi connectivity index (χ0v) is 16.4. The van der Waals surface area contributed by atoms with E-state index in [0.29, 0.717) is 5.82 Å². The smallest absolute Gasteiger partial charge is 0.310 e. The van der Waals surface area contributed by atoms with Gasteiger partial charge in [-0.3, -0.25) is 0 Å². The molecule has 0 radical (unpaired) electrons. The summed E-state index contributed by atoms with van der Waals surface area (Å²) in [5.74, 6) is 0.571. The lowest BCUT2D eigenvalue weighted by Gasteiger charge is -2.40. The van der Waals surface area contributed by atoms with Crippen LogP contribution in [0, 0.1) is 0 Å². The first-order valence-corrected chi connectivity index (χ1v) is 10.4. The highest BCUT2D eigenvalue weighted by molar-refractivity contribution is 8.45. The van der Waals surface area contributed by atoms with Crippen molar-refractivity contribution in [1.82, 2.24) is 29.7 Å². The number of oxazole rings is 1. The number of nitrogens with zero attached hydrogens (tertiary/aromatic N) is 6. The summed E-state index contributed by atoms with van der Waals surface area (Å²) in [6.45, 7) is 1.64. The molecule has 0 bridgehead atoms. The summed E-state index contributed by atoms with van der Waals surface area (Å²) in [5.41, 5.74) is -0.752. The molecule has 4 aromatic rings. The Morgan fingerprint density at radius 2 is 1.80 bits per heavy atom. The summed E-state index contributed by atoms with van der Waals surface area (Å²) in [7, 11) is -9.93. The fourth-order valence-electron chi connectivity index (χ4n) is 2.60. The van der Waals surface area contributed by atoms with Crippen LogP contribution in [-0.4, -0.2) is 29.7 Å². The minimum absolute atomic E-state index is 0.118. The fourth-order valence-corrected chi connectivity index (χ4v) is 3.59. The average molecular weight is 468 g/mol. The molecule has 30 heavy (non-hydrogen) atoms. The van der Waals surface area contributed by atoms with Gasteiger partial charge in [-0.1, -0.05) is 31.0 Å². The Balaban J connectivity index is 1.68. The number of rotatable bonds is 5. The van der Waals surface area contributed by atoms with Gasteiger partial charge in [-0.05, 0) is 25.1 Å². The zero-order chi connectivity index (χ0) is 21.8. The van der Waals surface area contributed by atoms with Crippen LogP contribution >= 0.6 is 21.8 Å². The molecule has 1 aromatic carbocycles. The summed E-state index contributed by atoms with van der Waals surface area (Å²) >= 11 is 5.73. The Kier molecular flexibility index (Phi) is 4.06. The number of anilines is 1. The van der Waals surface area contributed by atoms with Crippen LogP contribution in [0.15, 0.2) is 46.2 Å². The van der Waals surface area contributed by atoms with E-state index in [1.165, 1.54) is 23.4 Å². The van der Waals surface area contributed by atoms with Crippen LogP contribution in [0.5, 0.6) is 0 Å². The van der Waals surface area contributed by atoms with Crippen molar-refractivity contribution in [1.29, 1.82) is 0 Å². The molecule has 1 N–H and O–H groups in total. The fraction of sp³-hybridized carbons (Fsp3) is 0.133. The second-order valence-electron chi connectivity index (χ2n) is 6.19. The van der Waals surface area contributed by atoms with Crippen LogP contribution < -0.4 is 5.32 Å². The maximum Gasteiger partial charge on any atom is 0.310 e. The summed E-state index contributed by atoms with van der Waals surface area (Å²) < 4.78 is 72.1. The van der Waals surface area contributed by atoms with Gasteiger partial charge in [0.2, 0.25) is 0 Å². The van der Waals surface area contributed by atoms with Gasteiger partial charge >= 0.3 is 10.2 Å². The SMILES string of the molecule is C[C@H](Nc1nc2cc(S(F)(F)(F)(F)F)cc(Cl)c2o1)c1ncnn1-c1ncccn1. The predicted molar refractivity (Wildman–Crippen MR) is 99.4 cm³/mol. The van der Waals surface area contributed by atoms with Crippen LogP contribution in [0.2, 0.25) is 5.02 Å². The Bertz CT molecular complexity index is 1250. The molecule has 0 aliphatic carbocycles. The highest BCUT2D eigenvalue weighted by atomic mass is 35.5. The van der Waals surface area contributed by atoms with Gasteiger partial charge in [0.25, 0.3) is 12.0 Å². The molecular formula is C15H11ClF5N7OS. The lowest BCUT2D eigenvalue weighted by molar-refractivity contribution is 0.364. The summed E-state index contributed by atoms with van der Waals surface area (Å²) in [6.07, 6.45) is 4.27. The van der Waals surface area contributed by atoms with E-state index in [4.69, 9.17) is 16.0 Å². The monoisotopic (exact) mass is 467 g/mol. The van der Waals surface area contributed by atoms with E-state index in [1.807, 2.05) is 0 Å². The van der Waals surface area contributed by atoms with Gasteiger partial charge in [-0.2, -0.15) is 14.8 Å². The molecule has 0 unspecified atom stereocenters. The molecular weight excluding hydrogens is 457 g/mol. The van der Waals surface area contributed by atoms with Crippen LogP contribution in [0.25, 0.3) is 17.0 Å². The zero-order valence-electron chi connectivity index (χ0n) is 14.8. The summed E-state index contributed by atoms with van der Waals surface area (Å²) in [5, 5.41) is 6.15. The van der Waals surface area contributed by atoms with Gasteiger partial charge < -0.3 is 9.73 Å². The molecule has 3 heterocycles. The van der Waals surface area contributed by atoms with Crippen molar-refractivity contribution in [2.45, 2.75) is 17.9 Å². The Labute approximate surface area is 169 Å². The van der Waals surface area contributed by atoms with Crippen molar-refractivity contribution in [3.63, 3.8) is 0 Å². The molecule has 0 aliphatic heterocycles. The lowest BCUT2D eigenvalue weighted by Crippen LogP contribution is -2.15. The standard InChI is InChI=1S/C15H11ClF5N7OS/c1-8(13-24-7-25-28(13)14-22-3-2-4-23-14)26-15-27-11-6-9(30(17,18,19,20)21)5-10(16)12(11)29-15/h2-8H,1H3,(H,26,27)/t8-/m0/s1. The van der Waals surface area contributed by atoms with E-state index >= 15 is 0 Å². The predicted octanol–water partition coefficient (Wildman–Crippen LogP) is 5.68. The Morgan fingerprint density at radius 1 is 1.10 bits per heavy atom. The van der Waals surface area contributed by atoms with E-state index in [2.05, 4.69) is 30.4 Å². The Hall–Kier alpha value is -3.00. The normalized spacial score (nSPS) is 15.6. The number of halogens is 6. The number of nitrogens with one attached hydrogen (secondary N) is 1. The third-order valence-corrected chi connectivity index (χ3v) is 5.31. The molecule has 1 atom stereocenters. The minimum Gasteiger partial charge on any atom is -0.422 e. The van der Waals surface area contributed by atoms with E-state index in [0.717, 1.165) is 0 Å². The molecule has 0 spiro atoms. The van der Waals surface area contributed by atoms with Gasteiger partial charge in [0.1, 0.15) is 16.7 Å². The summed E-state index contributed by atoms with van der Waals surface area (Å²) in [6, 6.07) is 1.06. The third kappa shape index (κ3) is 3.87. The van der Waals surface area contributed by atoms with Crippen molar-refractivity contribution < 1.29 is 23.8 Å². The topological polar surface area (TPSA) is 94.6 Å². The Morgan fingerprint density at radius 3 is 2.47 bits per heavy atom. The molecule has 160 valence electrons. The van der Waals surface area contributed by atoms with Gasteiger partial charge in [0, 0.05) is 12.4 Å². The van der Waals surface area contributed by atoms with Crippen molar-refractivity contribution in [3.05, 3.63) is 47.8 Å². The number of aromatic nitrogens is 6. The van der Waals surface area contributed by atoms with Gasteiger partial charge in [0.05, 0.1) is 11.1 Å². The first-order chi connectivity index (χ1) is 13.8. The average Bonchev–Trinajstić information content (AvgIpc) is 3.27. The van der Waals surface area contributed by atoms with E-state index in [9.17, 15) is 19.4 Å². The largest absolute Gasteiger partial charge is 0.422 e. The van der Waals surface area contributed by atoms with Crippen molar-refractivity contribution in [2.24, 2.45) is 0 Å². The highest BCUT2D eigenvalue weighted by Gasteiger charge is 2.65. The van der Waals surface area contributed by atoms with Crippen molar-refractivity contribution in [3.8, 4) is 5.95 Å². The molecule has 0 aliphatic rings. The number of fused-ring (bicyclic) bond motifs is 1. The first kappa shape index (κ1) is 20.3. The second kappa shape index (κ2) is 6.01. The molecule has 0 saturated heterocycles. The maximum atomic E-state index is 13.1. The number of hydrogen-bond donors (Lipinski definition) is 1. The molecule has 3 aromatic heterocycles. The number of benzene rings is 1. The van der Waals surface area contributed by atoms with E-state index in [1.54, 1.807) is 13.0 Å². The number of hydrogen-bond acceptors (Lipinski definition) is 7. The van der Waals surface area contributed by atoms with Crippen LogP contribution in [-0.2, 0) is 0 Å². The van der Waals surface area contributed by atoms with Gasteiger partial charge in [-0.15, -0.1) is 0 Å². The van der Waals surface area contributed by atoms with Crippen molar-refractivity contribution >= 4 is 38.9 Å². The molecule has 0 saturated carbocycles. The lowest BCUT2D eigenvalue weighted by atomic mass is 10.3. The quantitative estimate of drug-likeness (QED) is 0.377. The summed E-state index contributed by atoms with van der Waals surface area (Å²) in [4.78, 5) is 13.8. The van der Waals surface area contributed by atoms with Crippen LogP contribution in [0.1, 0.15) is 18.8 Å². The molecule has 8 nitrogen and oxygen atoms in total. The van der Waals surface area contributed by atoms with E-state index in [-0.39, 0.29) is 29.7 Å². The molecule has 15 heteroatoms. The third-order valence-electron chi connectivity index (χ3n) is 3.91. The van der Waals surface area contributed by atoms with Gasteiger partial charge in [-0.25, -0.2) is 15.0 Å². The maximum absolute atomic E-state index is 13.1. The first-order valence-electron chi connectivity index (χ1n) is 8.10. The highest BCUT2D eigenvalue weighted by Crippen LogP contribution is 3.02. The molecule has 0 amide bonds. The van der Waals surface area contributed by atoms with Crippen molar-refractivity contribution in [2.75, 3.05) is 5.32 Å². The second-order valence-corrected chi connectivity index (χ2v) is 9.00. The van der Waals surface area contributed by atoms with Crippen LogP contribution in [0.4, 0.5) is 25.4 Å².